The number of hydrogen-bond donors (Lipinski definition) is 2. The summed E-state index contributed by atoms with van der Waals surface area (Å²) in [6.07, 6.45) is 0. The van der Waals surface area contributed by atoms with Gasteiger partial charge in [0.2, 0.25) is 15.2 Å². The molecule has 0 aliphatic heterocycles. The summed E-state index contributed by atoms with van der Waals surface area (Å²) >= 11 is 1.43. The van der Waals surface area contributed by atoms with Crippen molar-refractivity contribution in [3.05, 3.63) is 30.1 Å². The number of benzene rings is 1. The van der Waals surface area contributed by atoms with Crippen LogP contribution >= 0.6 is 11.8 Å². The van der Waals surface area contributed by atoms with Crippen molar-refractivity contribution in [2.24, 2.45) is 0 Å². The van der Waals surface area contributed by atoms with Crippen LogP contribution in [0, 0.1) is 6.92 Å². The van der Waals surface area contributed by atoms with Crippen molar-refractivity contribution in [3.8, 4) is 5.75 Å². The molecule has 0 saturated carbocycles. The lowest BCUT2D eigenvalue weighted by Gasteiger charge is -2.12. The molecule has 9 nitrogen and oxygen atoms in total. The number of carbonyl (C=O) groups excluding carboxylic acids is 1. The predicted octanol–water partition coefficient (Wildman–Crippen LogP) is 0.651. The van der Waals surface area contributed by atoms with E-state index in [1.807, 2.05) is 6.92 Å². The molecule has 1 aromatic carbocycles. The number of sulfonamides is 1. The zero-order chi connectivity index (χ0) is 19.2. The highest BCUT2D eigenvalue weighted by molar-refractivity contribution is 7.99. The van der Waals surface area contributed by atoms with E-state index in [-0.39, 0.29) is 17.4 Å². The third-order valence-electron chi connectivity index (χ3n) is 3.20. The van der Waals surface area contributed by atoms with Crippen molar-refractivity contribution in [1.29, 1.82) is 0 Å². The Morgan fingerprint density at radius 2 is 2.00 bits per heavy atom. The van der Waals surface area contributed by atoms with Gasteiger partial charge in [-0.25, -0.2) is 17.7 Å². The highest BCUT2D eigenvalue weighted by Crippen LogP contribution is 2.18. The van der Waals surface area contributed by atoms with E-state index in [0.29, 0.717) is 23.2 Å². The van der Waals surface area contributed by atoms with Gasteiger partial charge in [0.15, 0.2) is 6.61 Å². The Balaban J connectivity index is 1.72. The monoisotopic (exact) mass is 399 g/mol. The number of aryl methyl sites for hydroxylation is 1. The molecule has 2 N–H and O–H groups in total. The molecule has 0 fully saturated rings. The molecule has 2 aromatic rings. The maximum Gasteiger partial charge on any atom is 0.257 e. The van der Waals surface area contributed by atoms with Crippen LogP contribution in [0.2, 0.25) is 0 Å². The standard InChI is InChI=1S/C15H21N5O4S2/c1-11-17-15(19-18-11)25-9-8-16-14(21)10-24-12-4-6-13(7-5-12)26(22,23)20(2)3/h4-7H,8-10H2,1-3H3,(H,16,21)(H,17,18,19). The quantitative estimate of drug-likeness (QED) is 0.470. The lowest BCUT2D eigenvalue weighted by Crippen LogP contribution is -2.30. The lowest BCUT2D eigenvalue weighted by atomic mass is 10.3. The first kappa shape index (κ1) is 20.2. The van der Waals surface area contributed by atoms with Crippen LogP contribution in [0.15, 0.2) is 34.3 Å². The fourth-order valence-electron chi connectivity index (χ4n) is 1.84. The van der Waals surface area contributed by atoms with Crippen LogP contribution in [0.3, 0.4) is 0 Å². The SMILES string of the molecule is Cc1nc(SCCNC(=O)COc2ccc(S(=O)(=O)N(C)C)cc2)n[nH]1. The molecule has 0 bridgehead atoms. The summed E-state index contributed by atoms with van der Waals surface area (Å²) in [5.74, 6) is 1.54. The van der Waals surface area contributed by atoms with Gasteiger partial charge in [-0.05, 0) is 31.2 Å². The number of nitrogens with one attached hydrogen (secondary N) is 2. The average Bonchev–Trinajstić information content (AvgIpc) is 3.02. The lowest BCUT2D eigenvalue weighted by molar-refractivity contribution is -0.122. The van der Waals surface area contributed by atoms with Crippen molar-refractivity contribution < 1.29 is 17.9 Å². The van der Waals surface area contributed by atoms with Gasteiger partial charge in [0, 0.05) is 26.4 Å². The van der Waals surface area contributed by atoms with Crippen molar-refractivity contribution in [2.75, 3.05) is 33.0 Å². The van der Waals surface area contributed by atoms with Crippen molar-refractivity contribution in [3.63, 3.8) is 0 Å². The van der Waals surface area contributed by atoms with E-state index in [1.165, 1.54) is 50.1 Å². The number of thioether (sulfide) groups is 1. The molecular weight excluding hydrogens is 378 g/mol. The van der Waals surface area contributed by atoms with E-state index in [9.17, 15) is 13.2 Å². The molecule has 0 atom stereocenters. The summed E-state index contributed by atoms with van der Waals surface area (Å²) in [6, 6.07) is 5.92. The van der Waals surface area contributed by atoms with E-state index >= 15 is 0 Å². The molecule has 11 heteroatoms. The van der Waals surface area contributed by atoms with Gasteiger partial charge in [0.1, 0.15) is 11.6 Å². The van der Waals surface area contributed by atoms with Gasteiger partial charge in [-0.3, -0.25) is 9.89 Å². The summed E-state index contributed by atoms with van der Waals surface area (Å²) in [4.78, 5) is 16.1. The van der Waals surface area contributed by atoms with Crippen molar-refractivity contribution in [1.82, 2.24) is 24.8 Å². The van der Waals surface area contributed by atoms with Gasteiger partial charge in [-0.2, -0.15) is 0 Å². The molecular formula is C15H21N5O4S2. The van der Waals surface area contributed by atoms with E-state index < -0.39 is 10.0 Å². The summed E-state index contributed by atoms with van der Waals surface area (Å²) < 4.78 is 30.4. The second kappa shape index (κ2) is 9.01. The number of ether oxygens (including phenoxy) is 1. The Morgan fingerprint density at radius 1 is 1.31 bits per heavy atom. The van der Waals surface area contributed by atoms with Crippen LogP contribution in [-0.4, -0.2) is 66.8 Å². The zero-order valence-electron chi connectivity index (χ0n) is 14.7. The van der Waals surface area contributed by atoms with E-state index in [1.54, 1.807) is 0 Å². The highest BCUT2D eigenvalue weighted by atomic mass is 32.2. The number of aromatic amines is 1. The molecule has 0 aliphatic rings. The number of amides is 1. The normalized spacial score (nSPS) is 11.5. The van der Waals surface area contributed by atoms with Gasteiger partial charge >= 0.3 is 0 Å². The van der Waals surface area contributed by atoms with Crippen LogP contribution in [0.4, 0.5) is 0 Å². The zero-order valence-corrected chi connectivity index (χ0v) is 16.4. The van der Waals surface area contributed by atoms with Crippen LogP contribution in [0.5, 0.6) is 5.75 Å². The van der Waals surface area contributed by atoms with Crippen LogP contribution in [-0.2, 0) is 14.8 Å². The minimum Gasteiger partial charge on any atom is -0.484 e. The third kappa shape index (κ3) is 5.71. The Morgan fingerprint density at radius 3 is 2.58 bits per heavy atom. The highest BCUT2D eigenvalue weighted by Gasteiger charge is 2.16. The second-order valence-corrected chi connectivity index (χ2v) is 8.66. The number of H-pyrrole nitrogens is 1. The Labute approximate surface area is 156 Å². The molecule has 0 spiro atoms. The first-order valence-electron chi connectivity index (χ1n) is 7.73. The summed E-state index contributed by atoms with van der Waals surface area (Å²) in [7, 11) is -0.550. The maximum absolute atomic E-state index is 12.0. The van der Waals surface area contributed by atoms with E-state index in [4.69, 9.17) is 4.74 Å². The first-order chi connectivity index (χ1) is 12.3. The van der Waals surface area contributed by atoms with Gasteiger partial charge in [-0.1, -0.05) is 11.8 Å². The van der Waals surface area contributed by atoms with Gasteiger partial charge in [-0.15, -0.1) is 5.10 Å². The fraction of sp³-hybridized carbons (Fsp3) is 0.400. The number of aromatic nitrogens is 3. The molecule has 0 aliphatic carbocycles. The predicted molar refractivity (Wildman–Crippen MR) is 97.7 cm³/mol. The van der Waals surface area contributed by atoms with E-state index in [2.05, 4.69) is 20.5 Å². The number of rotatable bonds is 9. The Hall–Kier alpha value is -2.11. The second-order valence-electron chi connectivity index (χ2n) is 5.45. The Kier molecular flexibility index (Phi) is 7.00. The molecule has 1 heterocycles. The molecule has 0 radical (unpaired) electrons. The van der Waals surface area contributed by atoms with Crippen LogP contribution in [0.25, 0.3) is 0 Å². The topological polar surface area (TPSA) is 117 Å². The third-order valence-corrected chi connectivity index (χ3v) is 5.88. The molecule has 1 aromatic heterocycles. The molecule has 142 valence electrons. The minimum absolute atomic E-state index is 0.149. The molecule has 26 heavy (non-hydrogen) atoms. The van der Waals surface area contributed by atoms with Gasteiger partial charge < -0.3 is 10.1 Å². The number of carbonyl (C=O) groups is 1. The largest absolute Gasteiger partial charge is 0.484 e. The summed E-state index contributed by atoms with van der Waals surface area (Å²) in [5, 5.41) is 10.1. The summed E-state index contributed by atoms with van der Waals surface area (Å²) in [6.45, 7) is 2.13. The maximum atomic E-state index is 12.0. The summed E-state index contributed by atoms with van der Waals surface area (Å²) in [5.41, 5.74) is 0. The average molecular weight is 399 g/mol. The Bertz CT molecular complexity index is 834. The van der Waals surface area contributed by atoms with Gasteiger partial charge in [0.25, 0.3) is 5.91 Å². The van der Waals surface area contributed by atoms with Crippen LogP contribution < -0.4 is 10.1 Å². The van der Waals surface area contributed by atoms with Crippen molar-refractivity contribution in [2.45, 2.75) is 17.0 Å². The van der Waals surface area contributed by atoms with E-state index in [0.717, 1.165) is 10.1 Å². The number of nitrogens with zero attached hydrogens (tertiary/aromatic N) is 3. The number of hydrogen-bond acceptors (Lipinski definition) is 7. The fourth-order valence-corrected chi connectivity index (χ4v) is 3.44. The smallest absolute Gasteiger partial charge is 0.257 e. The van der Waals surface area contributed by atoms with Crippen LogP contribution in [0.1, 0.15) is 5.82 Å². The molecule has 0 saturated heterocycles. The van der Waals surface area contributed by atoms with Crippen molar-refractivity contribution >= 4 is 27.7 Å². The molecule has 1 amide bonds. The molecule has 2 rings (SSSR count). The van der Waals surface area contributed by atoms with Gasteiger partial charge in [0.05, 0.1) is 4.90 Å². The minimum atomic E-state index is -3.48. The molecule has 0 unspecified atom stereocenters. The first-order valence-corrected chi connectivity index (χ1v) is 10.2.